The van der Waals surface area contributed by atoms with E-state index < -0.39 is 0 Å². The monoisotopic (exact) mass is 399 g/mol. The average molecular weight is 400 g/mol. The van der Waals surface area contributed by atoms with E-state index in [9.17, 15) is 0 Å². The second-order valence-corrected chi connectivity index (χ2v) is 7.15. The molecular weight excluding hydrogens is 382 g/mol. The predicted molar refractivity (Wildman–Crippen MR) is 115 cm³/mol. The van der Waals surface area contributed by atoms with E-state index in [0.29, 0.717) is 17.1 Å². The molecule has 0 aliphatic rings. The zero-order valence-corrected chi connectivity index (χ0v) is 16.5. The van der Waals surface area contributed by atoms with Crippen LogP contribution in [0.4, 0.5) is 5.82 Å². The normalized spacial score (nSPS) is 10.5. The van der Waals surface area contributed by atoms with E-state index in [-0.39, 0.29) is 0 Å². The van der Waals surface area contributed by atoms with Gasteiger partial charge in [-0.15, -0.1) is 0 Å². The molecule has 2 heterocycles. The number of halogens is 1. The van der Waals surface area contributed by atoms with Gasteiger partial charge in [0.2, 0.25) is 0 Å². The van der Waals surface area contributed by atoms with Crippen LogP contribution in [0.15, 0.2) is 66.9 Å². The van der Waals surface area contributed by atoms with Crippen molar-refractivity contribution in [1.82, 2.24) is 15.2 Å². The summed E-state index contributed by atoms with van der Waals surface area (Å²) in [4.78, 5) is 4.41. The zero-order chi connectivity index (χ0) is 20.2. The number of aromatic nitrogens is 3. The maximum atomic E-state index is 9.05. The van der Waals surface area contributed by atoms with E-state index in [4.69, 9.17) is 16.9 Å². The van der Waals surface area contributed by atoms with Crippen molar-refractivity contribution in [1.29, 1.82) is 5.26 Å². The summed E-state index contributed by atoms with van der Waals surface area (Å²) >= 11 is 5.94. The molecule has 2 N–H and O–H groups in total. The highest BCUT2D eigenvalue weighted by molar-refractivity contribution is 6.30. The maximum absolute atomic E-state index is 9.05. The smallest absolute Gasteiger partial charge is 0.126 e. The van der Waals surface area contributed by atoms with Crippen LogP contribution in [-0.4, -0.2) is 15.2 Å². The third-order valence-electron chi connectivity index (χ3n) is 4.66. The van der Waals surface area contributed by atoms with Gasteiger partial charge in [-0.25, -0.2) is 4.98 Å². The number of hydrogen-bond acceptors (Lipinski definition) is 4. The molecule has 0 amide bonds. The summed E-state index contributed by atoms with van der Waals surface area (Å²) in [6.45, 7) is 2.58. The molecule has 0 atom stereocenters. The Labute approximate surface area is 174 Å². The first kappa shape index (κ1) is 18.7. The Bertz CT molecular complexity index is 1190. The number of H-pyrrole nitrogens is 1. The van der Waals surface area contributed by atoms with Crippen LogP contribution < -0.4 is 5.32 Å². The third-order valence-corrected chi connectivity index (χ3v) is 4.91. The molecule has 0 spiro atoms. The van der Waals surface area contributed by atoms with Crippen molar-refractivity contribution in [2.24, 2.45) is 0 Å². The van der Waals surface area contributed by atoms with Crippen molar-refractivity contribution < 1.29 is 0 Å². The first-order valence-corrected chi connectivity index (χ1v) is 9.51. The minimum Gasteiger partial charge on any atom is -0.364 e. The van der Waals surface area contributed by atoms with Gasteiger partial charge in [-0.2, -0.15) is 10.4 Å². The number of aryl methyl sites for hydroxylation is 1. The Morgan fingerprint density at radius 3 is 2.62 bits per heavy atom. The number of anilines is 1. The number of hydrogen-bond donors (Lipinski definition) is 2. The highest BCUT2D eigenvalue weighted by Crippen LogP contribution is 2.26. The number of benzene rings is 2. The highest BCUT2D eigenvalue weighted by atomic mass is 35.5. The van der Waals surface area contributed by atoms with Gasteiger partial charge < -0.3 is 5.32 Å². The summed E-state index contributed by atoms with van der Waals surface area (Å²) in [5, 5.41) is 20.5. The Balaban J connectivity index is 1.48. The third kappa shape index (κ3) is 4.29. The molecule has 5 nitrogen and oxygen atoms in total. The number of rotatable bonds is 5. The van der Waals surface area contributed by atoms with Gasteiger partial charge in [0.1, 0.15) is 5.82 Å². The Morgan fingerprint density at radius 1 is 1.03 bits per heavy atom. The fraction of sp³-hybridized carbons (Fsp3) is 0.0870. The number of nitrogens with one attached hydrogen (secondary N) is 2. The van der Waals surface area contributed by atoms with Crippen molar-refractivity contribution in [3.05, 3.63) is 88.7 Å². The van der Waals surface area contributed by atoms with Crippen LogP contribution in [0.1, 0.15) is 16.8 Å². The highest BCUT2D eigenvalue weighted by Gasteiger charge is 2.07. The molecule has 0 aliphatic carbocycles. The fourth-order valence-electron chi connectivity index (χ4n) is 3.16. The lowest BCUT2D eigenvalue weighted by atomic mass is 9.99. The Hall–Kier alpha value is -3.62. The van der Waals surface area contributed by atoms with Gasteiger partial charge in [0.15, 0.2) is 0 Å². The second kappa shape index (κ2) is 8.17. The first-order chi connectivity index (χ1) is 14.1. The van der Waals surface area contributed by atoms with Crippen LogP contribution in [-0.2, 0) is 6.54 Å². The predicted octanol–water partition coefficient (Wildman–Crippen LogP) is 5.58. The molecule has 0 radical (unpaired) electrons. The van der Waals surface area contributed by atoms with Gasteiger partial charge in [-0.1, -0.05) is 29.8 Å². The van der Waals surface area contributed by atoms with Crippen LogP contribution >= 0.6 is 11.6 Å². The molecule has 6 heteroatoms. The van der Waals surface area contributed by atoms with E-state index in [1.165, 1.54) is 0 Å². The molecule has 142 valence electrons. The van der Waals surface area contributed by atoms with Crippen molar-refractivity contribution >= 4 is 17.4 Å². The molecule has 0 aliphatic heterocycles. The van der Waals surface area contributed by atoms with Crippen LogP contribution in [0.5, 0.6) is 0 Å². The quantitative estimate of drug-likeness (QED) is 0.459. The molecule has 0 unspecified atom stereocenters. The van der Waals surface area contributed by atoms with Gasteiger partial charge in [-0.3, -0.25) is 5.10 Å². The standard InChI is InChI=1S/C23H18ClN5/c1-15-10-16(13-25)2-7-21(15)18-8-9-26-23(11-18)27-14-20-12-22(29-28-20)17-3-5-19(24)6-4-17/h2-12H,14H2,1H3,(H,26,27)(H,28,29). The molecule has 0 bridgehead atoms. The molecule has 4 rings (SSSR count). The molecular formula is C23H18ClN5. The van der Waals surface area contributed by atoms with Gasteiger partial charge in [0.05, 0.1) is 29.6 Å². The number of nitriles is 1. The van der Waals surface area contributed by atoms with Gasteiger partial charge in [0, 0.05) is 16.8 Å². The molecule has 2 aromatic carbocycles. The van der Waals surface area contributed by atoms with Crippen molar-refractivity contribution in [2.75, 3.05) is 5.32 Å². The molecule has 0 saturated heterocycles. The minimum absolute atomic E-state index is 0.573. The number of aromatic amines is 1. The minimum atomic E-state index is 0.573. The van der Waals surface area contributed by atoms with Gasteiger partial charge >= 0.3 is 0 Å². The van der Waals surface area contributed by atoms with E-state index in [1.807, 2.05) is 67.6 Å². The second-order valence-electron chi connectivity index (χ2n) is 6.71. The first-order valence-electron chi connectivity index (χ1n) is 9.13. The van der Waals surface area contributed by atoms with E-state index >= 15 is 0 Å². The molecule has 29 heavy (non-hydrogen) atoms. The summed E-state index contributed by atoms with van der Waals surface area (Å²) < 4.78 is 0. The van der Waals surface area contributed by atoms with Crippen molar-refractivity contribution in [2.45, 2.75) is 13.5 Å². The summed E-state index contributed by atoms with van der Waals surface area (Å²) in [6, 6.07) is 21.4. The van der Waals surface area contributed by atoms with Gasteiger partial charge in [-0.05, 0) is 66.1 Å². The lowest BCUT2D eigenvalue weighted by Crippen LogP contribution is -2.01. The van der Waals surface area contributed by atoms with E-state index in [2.05, 4.69) is 26.6 Å². The van der Waals surface area contributed by atoms with Crippen LogP contribution in [0.3, 0.4) is 0 Å². The molecule has 4 aromatic rings. The largest absolute Gasteiger partial charge is 0.364 e. The van der Waals surface area contributed by atoms with Gasteiger partial charge in [0.25, 0.3) is 0 Å². The lowest BCUT2D eigenvalue weighted by Gasteiger charge is -2.09. The van der Waals surface area contributed by atoms with E-state index in [1.54, 1.807) is 6.20 Å². The van der Waals surface area contributed by atoms with Crippen LogP contribution in [0.25, 0.3) is 22.4 Å². The molecule has 0 fully saturated rings. The SMILES string of the molecule is Cc1cc(C#N)ccc1-c1ccnc(NCc2cc(-c3ccc(Cl)cc3)n[nH]2)c1. The summed E-state index contributed by atoms with van der Waals surface area (Å²) in [6.07, 6.45) is 1.78. The lowest BCUT2D eigenvalue weighted by molar-refractivity contribution is 0.976. The van der Waals surface area contributed by atoms with Crippen LogP contribution in [0.2, 0.25) is 5.02 Å². The number of nitrogens with zero attached hydrogens (tertiary/aromatic N) is 3. The summed E-state index contributed by atoms with van der Waals surface area (Å²) in [7, 11) is 0. The van der Waals surface area contributed by atoms with E-state index in [0.717, 1.165) is 39.5 Å². The topological polar surface area (TPSA) is 77.4 Å². The van der Waals surface area contributed by atoms with Crippen LogP contribution in [0, 0.1) is 18.3 Å². The summed E-state index contributed by atoms with van der Waals surface area (Å²) in [5.74, 6) is 0.772. The summed E-state index contributed by atoms with van der Waals surface area (Å²) in [5.41, 5.74) is 6.69. The van der Waals surface area contributed by atoms with Crippen molar-refractivity contribution in [3.63, 3.8) is 0 Å². The van der Waals surface area contributed by atoms with Crippen molar-refractivity contribution in [3.8, 4) is 28.5 Å². The Morgan fingerprint density at radius 2 is 1.86 bits per heavy atom. The average Bonchev–Trinajstić information content (AvgIpc) is 3.22. The Kier molecular flexibility index (Phi) is 5.28. The zero-order valence-electron chi connectivity index (χ0n) is 15.8. The maximum Gasteiger partial charge on any atom is 0.126 e. The molecule has 0 saturated carbocycles. The fourth-order valence-corrected chi connectivity index (χ4v) is 3.28. The molecule has 2 aromatic heterocycles. The number of pyridine rings is 1.